The van der Waals surface area contributed by atoms with E-state index in [9.17, 15) is 4.79 Å². The monoisotopic (exact) mass is 466 g/mol. The number of carbonyl (C=O) groups excluding carboxylic acids is 1. The predicted molar refractivity (Wildman–Crippen MR) is 106 cm³/mol. The number of aryl methyl sites for hydroxylation is 2. The van der Waals surface area contributed by atoms with E-state index in [1.54, 1.807) is 4.68 Å². The molecule has 0 atom stereocenters. The number of amides is 1. The zero-order valence-corrected chi connectivity index (χ0v) is 16.8. The molecule has 0 bridgehead atoms. The largest absolute Gasteiger partial charge is 0.365 e. The number of anilines is 1. The van der Waals surface area contributed by atoms with Crippen LogP contribution < -0.4 is 10.00 Å². The number of hydrogen-bond acceptors (Lipinski definition) is 4. The maximum absolute atomic E-state index is 12.3. The summed E-state index contributed by atoms with van der Waals surface area (Å²) in [5.41, 5.74) is 3.91. The summed E-state index contributed by atoms with van der Waals surface area (Å²) < 4.78 is 2.91. The van der Waals surface area contributed by atoms with Gasteiger partial charge in [-0.1, -0.05) is 23.4 Å². The van der Waals surface area contributed by atoms with E-state index in [0.717, 1.165) is 26.1 Å². The van der Waals surface area contributed by atoms with Crippen LogP contribution in [0, 0.1) is 17.4 Å². The molecule has 1 amide bonds. The van der Waals surface area contributed by atoms with Crippen LogP contribution in [-0.2, 0) is 4.79 Å². The maximum atomic E-state index is 12.3. The molecule has 25 heavy (non-hydrogen) atoms. The van der Waals surface area contributed by atoms with Crippen molar-refractivity contribution >= 4 is 45.9 Å². The summed E-state index contributed by atoms with van der Waals surface area (Å²) in [6, 6.07) is 13.8. The number of H-pyrrole nitrogens is 1. The molecule has 0 fully saturated rings. The topological polar surface area (TPSA) is 74.5 Å². The molecular weight excluding hydrogens is 449 g/mol. The van der Waals surface area contributed by atoms with E-state index >= 15 is 0 Å². The molecule has 0 aliphatic heterocycles. The van der Waals surface area contributed by atoms with Crippen molar-refractivity contribution in [3.05, 3.63) is 57.2 Å². The SMILES string of the molecule is Cc1cc(I)cc(C)c1NC(=O)CSc1nn[nH][n+]1-c1ccccc1. The van der Waals surface area contributed by atoms with Gasteiger partial charge in [-0.05, 0) is 83.6 Å². The Bertz CT molecular complexity index is 874. The van der Waals surface area contributed by atoms with Gasteiger partial charge in [0.05, 0.1) is 5.75 Å². The summed E-state index contributed by atoms with van der Waals surface area (Å²) in [6.45, 7) is 4.00. The first-order valence-corrected chi connectivity index (χ1v) is 9.69. The number of aromatic nitrogens is 4. The van der Waals surface area contributed by atoms with E-state index in [-0.39, 0.29) is 11.7 Å². The number of benzene rings is 2. The van der Waals surface area contributed by atoms with E-state index in [0.29, 0.717) is 5.16 Å². The number of para-hydroxylation sites is 1. The maximum Gasteiger partial charge on any atom is 0.365 e. The number of tetrazole rings is 1. The first kappa shape index (κ1) is 17.9. The van der Waals surface area contributed by atoms with Crippen molar-refractivity contribution in [1.82, 2.24) is 15.5 Å². The van der Waals surface area contributed by atoms with Gasteiger partial charge in [-0.2, -0.15) is 0 Å². The third-order valence-corrected chi connectivity index (χ3v) is 5.13. The second-order valence-corrected chi connectivity index (χ2v) is 7.69. The van der Waals surface area contributed by atoms with Crippen LogP contribution in [0.1, 0.15) is 11.1 Å². The number of halogens is 1. The highest BCUT2D eigenvalue weighted by Crippen LogP contribution is 2.23. The van der Waals surface area contributed by atoms with Crippen LogP contribution in [0.5, 0.6) is 0 Å². The highest BCUT2D eigenvalue weighted by molar-refractivity contribution is 14.1. The normalized spacial score (nSPS) is 10.7. The molecule has 3 rings (SSSR count). The molecule has 6 nitrogen and oxygen atoms in total. The van der Waals surface area contributed by atoms with Gasteiger partial charge in [0, 0.05) is 9.26 Å². The molecule has 0 saturated carbocycles. The van der Waals surface area contributed by atoms with Crippen LogP contribution in [0.2, 0.25) is 0 Å². The van der Waals surface area contributed by atoms with Crippen LogP contribution in [-0.4, -0.2) is 27.2 Å². The summed E-state index contributed by atoms with van der Waals surface area (Å²) in [7, 11) is 0. The minimum atomic E-state index is -0.0694. The fourth-order valence-electron chi connectivity index (χ4n) is 2.45. The summed E-state index contributed by atoms with van der Waals surface area (Å²) in [4.78, 5) is 12.3. The second kappa shape index (κ2) is 7.96. The number of aromatic amines is 1. The third kappa shape index (κ3) is 4.37. The van der Waals surface area contributed by atoms with Crippen molar-refractivity contribution in [2.75, 3.05) is 11.1 Å². The fourth-order valence-corrected chi connectivity index (χ4v) is 4.09. The lowest BCUT2D eigenvalue weighted by molar-refractivity contribution is -0.697. The zero-order chi connectivity index (χ0) is 17.8. The Kier molecular flexibility index (Phi) is 5.69. The van der Waals surface area contributed by atoms with Gasteiger partial charge in [0.15, 0.2) is 5.21 Å². The first-order valence-electron chi connectivity index (χ1n) is 7.62. The Labute approximate surface area is 163 Å². The van der Waals surface area contributed by atoms with Crippen LogP contribution >= 0.6 is 34.4 Å². The molecule has 1 aromatic heterocycles. The fraction of sp³-hybridized carbons (Fsp3) is 0.176. The summed E-state index contributed by atoms with van der Waals surface area (Å²) in [5.74, 6) is 0.185. The van der Waals surface area contributed by atoms with E-state index in [2.05, 4.69) is 55.6 Å². The van der Waals surface area contributed by atoms with Gasteiger partial charge in [-0.3, -0.25) is 4.79 Å². The minimum Gasteiger partial charge on any atom is -0.325 e. The quantitative estimate of drug-likeness (QED) is 0.345. The zero-order valence-electron chi connectivity index (χ0n) is 13.8. The molecule has 0 radical (unpaired) electrons. The lowest BCUT2D eigenvalue weighted by Gasteiger charge is -2.11. The van der Waals surface area contributed by atoms with Crippen LogP contribution in [0.3, 0.4) is 0 Å². The Morgan fingerprint density at radius 2 is 1.92 bits per heavy atom. The Morgan fingerprint density at radius 1 is 1.24 bits per heavy atom. The van der Waals surface area contributed by atoms with Crippen LogP contribution in [0.15, 0.2) is 47.6 Å². The number of hydrogen-bond donors (Lipinski definition) is 2. The van der Waals surface area contributed by atoms with E-state index < -0.39 is 0 Å². The molecule has 0 saturated heterocycles. The van der Waals surface area contributed by atoms with Crippen molar-refractivity contribution in [3.8, 4) is 5.69 Å². The van der Waals surface area contributed by atoms with Gasteiger partial charge < -0.3 is 5.32 Å². The molecule has 3 aromatic rings. The van der Waals surface area contributed by atoms with Gasteiger partial charge in [-0.15, -0.1) is 4.68 Å². The van der Waals surface area contributed by atoms with E-state index in [1.807, 2.05) is 44.2 Å². The van der Waals surface area contributed by atoms with Crippen molar-refractivity contribution in [2.24, 2.45) is 0 Å². The number of rotatable bonds is 5. The average Bonchev–Trinajstić information content (AvgIpc) is 3.05. The smallest absolute Gasteiger partial charge is 0.325 e. The predicted octanol–water partition coefficient (Wildman–Crippen LogP) is 3.03. The second-order valence-electron chi connectivity index (χ2n) is 5.50. The molecule has 0 spiro atoms. The Balaban J connectivity index is 1.67. The summed E-state index contributed by atoms with van der Waals surface area (Å²) in [5, 5.41) is 14.3. The molecule has 0 aliphatic rings. The minimum absolute atomic E-state index is 0.0694. The molecule has 0 unspecified atom stereocenters. The summed E-state index contributed by atoms with van der Waals surface area (Å²) >= 11 is 3.61. The van der Waals surface area contributed by atoms with Gasteiger partial charge in [0.2, 0.25) is 5.91 Å². The molecule has 1 heterocycles. The van der Waals surface area contributed by atoms with Crippen LogP contribution in [0.25, 0.3) is 5.69 Å². The molecular formula is C17H17IN5OS+. The number of nitrogens with zero attached hydrogens (tertiary/aromatic N) is 3. The summed E-state index contributed by atoms with van der Waals surface area (Å²) in [6.07, 6.45) is 0. The highest BCUT2D eigenvalue weighted by atomic mass is 127. The van der Waals surface area contributed by atoms with Gasteiger partial charge in [0.1, 0.15) is 10.8 Å². The van der Waals surface area contributed by atoms with E-state index in [1.165, 1.54) is 11.8 Å². The third-order valence-electron chi connectivity index (χ3n) is 3.58. The lowest BCUT2D eigenvalue weighted by Crippen LogP contribution is -2.35. The van der Waals surface area contributed by atoms with Crippen molar-refractivity contribution < 1.29 is 9.48 Å². The Hall–Kier alpha value is -1.94. The van der Waals surface area contributed by atoms with Gasteiger partial charge in [0.25, 0.3) is 0 Å². The van der Waals surface area contributed by atoms with Crippen molar-refractivity contribution in [2.45, 2.75) is 19.0 Å². The molecule has 128 valence electrons. The van der Waals surface area contributed by atoms with Gasteiger partial charge >= 0.3 is 5.16 Å². The number of thioether (sulfide) groups is 1. The molecule has 0 aliphatic carbocycles. The standard InChI is InChI=1S/C17H16IN5OS/c1-11-8-13(18)9-12(2)16(11)19-15(24)10-25-17-20-21-22-23(17)14-6-4-3-5-7-14/h3-9H,10H2,1-2H3,(H,19,24)/p+1. The van der Waals surface area contributed by atoms with E-state index in [4.69, 9.17) is 0 Å². The Morgan fingerprint density at radius 3 is 2.60 bits per heavy atom. The molecule has 8 heteroatoms. The highest BCUT2D eigenvalue weighted by Gasteiger charge is 2.19. The average molecular weight is 466 g/mol. The lowest BCUT2D eigenvalue weighted by atomic mass is 10.1. The van der Waals surface area contributed by atoms with Crippen molar-refractivity contribution in [1.29, 1.82) is 0 Å². The molecule has 2 aromatic carbocycles. The van der Waals surface area contributed by atoms with Crippen molar-refractivity contribution in [3.63, 3.8) is 0 Å². The van der Waals surface area contributed by atoms with Gasteiger partial charge in [-0.25, -0.2) is 0 Å². The first-order chi connectivity index (χ1) is 12.0. The van der Waals surface area contributed by atoms with Crippen LogP contribution in [0.4, 0.5) is 5.69 Å². The number of nitrogens with one attached hydrogen (secondary N) is 2. The number of carbonyl (C=O) groups is 1. The molecule has 2 N–H and O–H groups in total.